The number of carbonyl (C=O) groups excluding carboxylic acids is 2. The first-order valence-corrected chi connectivity index (χ1v) is 8.73. The number of aryl methyl sites for hydroxylation is 1. The molecule has 138 valence electrons. The molecule has 0 bridgehead atoms. The molecular weight excluding hydrogens is 357 g/mol. The summed E-state index contributed by atoms with van der Waals surface area (Å²) < 4.78 is 18.8. The van der Waals surface area contributed by atoms with Crippen LogP contribution < -0.4 is 5.32 Å². The number of ketones is 1. The number of carbonyl (C=O) groups is 2. The minimum Gasteiger partial charge on any atom is -0.452 e. The van der Waals surface area contributed by atoms with E-state index in [1.807, 2.05) is 13.0 Å². The highest BCUT2D eigenvalue weighted by Crippen LogP contribution is 2.29. The van der Waals surface area contributed by atoms with Gasteiger partial charge in [0.25, 0.3) is 5.91 Å². The number of hydrogen-bond donors (Lipinski definition) is 1. The Balaban J connectivity index is 1.63. The predicted molar refractivity (Wildman–Crippen MR) is 105 cm³/mol. The molecule has 3 aromatic carbocycles. The van der Waals surface area contributed by atoms with E-state index in [4.69, 9.17) is 4.42 Å². The average Bonchev–Trinajstić information content (AvgIpc) is 3.04. The number of benzene rings is 3. The molecule has 0 saturated carbocycles. The molecule has 0 saturated heterocycles. The lowest BCUT2D eigenvalue weighted by Gasteiger charge is -2.05. The van der Waals surface area contributed by atoms with E-state index in [1.54, 1.807) is 42.5 Å². The number of anilines is 1. The van der Waals surface area contributed by atoms with Gasteiger partial charge in [0.2, 0.25) is 5.78 Å². The summed E-state index contributed by atoms with van der Waals surface area (Å²) >= 11 is 0. The van der Waals surface area contributed by atoms with Gasteiger partial charge in [-0.2, -0.15) is 0 Å². The first-order valence-electron chi connectivity index (χ1n) is 8.73. The van der Waals surface area contributed by atoms with Gasteiger partial charge in [-0.3, -0.25) is 9.59 Å². The molecule has 0 aliphatic heterocycles. The van der Waals surface area contributed by atoms with Crippen LogP contribution >= 0.6 is 0 Å². The molecule has 0 unspecified atom stereocenters. The molecule has 0 spiro atoms. The van der Waals surface area contributed by atoms with Gasteiger partial charge in [0.1, 0.15) is 11.4 Å². The smallest absolute Gasteiger partial charge is 0.255 e. The summed E-state index contributed by atoms with van der Waals surface area (Å²) in [6.07, 6.45) is 0. The summed E-state index contributed by atoms with van der Waals surface area (Å²) in [7, 11) is 0. The van der Waals surface area contributed by atoms with Crippen LogP contribution in [0.15, 0.2) is 77.2 Å². The Hall–Kier alpha value is -3.73. The highest BCUT2D eigenvalue weighted by molar-refractivity contribution is 6.11. The number of fused-ring (bicyclic) bond motifs is 1. The maximum Gasteiger partial charge on any atom is 0.255 e. The molecule has 1 amide bonds. The van der Waals surface area contributed by atoms with E-state index in [9.17, 15) is 14.0 Å². The number of nitrogens with one attached hydrogen (secondary N) is 1. The lowest BCUT2D eigenvalue weighted by Crippen LogP contribution is -2.11. The first kappa shape index (κ1) is 17.7. The van der Waals surface area contributed by atoms with Crippen molar-refractivity contribution in [2.45, 2.75) is 6.92 Å². The van der Waals surface area contributed by atoms with Gasteiger partial charge in [-0.05, 0) is 43.3 Å². The second-order valence-corrected chi connectivity index (χ2v) is 6.42. The van der Waals surface area contributed by atoms with Gasteiger partial charge in [-0.15, -0.1) is 0 Å². The molecule has 4 rings (SSSR count). The van der Waals surface area contributed by atoms with E-state index in [0.717, 1.165) is 10.9 Å². The lowest BCUT2D eigenvalue weighted by atomic mass is 10.0. The Morgan fingerprint density at radius 3 is 2.32 bits per heavy atom. The first-order chi connectivity index (χ1) is 13.5. The molecule has 0 radical (unpaired) electrons. The third-order valence-electron chi connectivity index (χ3n) is 4.54. The fraction of sp³-hybridized carbons (Fsp3) is 0.0435. The van der Waals surface area contributed by atoms with Crippen LogP contribution in [0, 0.1) is 12.7 Å². The molecular formula is C23H16FNO3. The summed E-state index contributed by atoms with van der Waals surface area (Å²) in [4.78, 5) is 25.0. The largest absolute Gasteiger partial charge is 0.452 e. The van der Waals surface area contributed by atoms with Crippen LogP contribution in [0.1, 0.15) is 32.0 Å². The second kappa shape index (κ2) is 7.12. The summed E-state index contributed by atoms with van der Waals surface area (Å²) in [6.45, 7) is 1.83. The Kier molecular flexibility index (Phi) is 4.49. The average molecular weight is 373 g/mol. The molecule has 28 heavy (non-hydrogen) atoms. The highest BCUT2D eigenvalue weighted by atomic mass is 19.1. The fourth-order valence-corrected chi connectivity index (χ4v) is 3.04. The van der Waals surface area contributed by atoms with Gasteiger partial charge in [0.05, 0.1) is 0 Å². The molecule has 0 aliphatic rings. The second-order valence-electron chi connectivity index (χ2n) is 6.42. The van der Waals surface area contributed by atoms with E-state index in [0.29, 0.717) is 22.4 Å². The van der Waals surface area contributed by atoms with Crippen molar-refractivity contribution in [2.24, 2.45) is 0 Å². The summed E-state index contributed by atoms with van der Waals surface area (Å²) in [5.74, 6) is -0.669. The SMILES string of the molecule is Cc1c(C(=O)c2ccccc2)oc2cc(NC(=O)c3ccc(F)cc3)ccc12. The van der Waals surface area contributed by atoms with Crippen LogP contribution in [0.5, 0.6) is 0 Å². The van der Waals surface area contributed by atoms with Crippen LogP contribution in [0.3, 0.4) is 0 Å². The molecule has 5 heteroatoms. The number of halogens is 1. The van der Waals surface area contributed by atoms with E-state index in [1.165, 1.54) is 24.3 Å². The molecule has 1 aromatic heterocycles. The van der Waals surface area contributed by atoms with Crippen LogP contribution in [-0.2, 0) is 0 Å². The predicted octanol–water partition coefficient (Wildman–Crippen LogP) is 5.36. The van der Waals surface area contributed by atoms with Crippen molar-refractivity contribution >= 4 is 28.3 Å². The van der Waals surface area contributed by atoms with Crippen molar-refractivity contribution in [1.82, 2.24) is 0 Å². The highest BCUT2D eigenvalue weighted by Gasteiger charge is 2.19. The Bertz CT molecular complexity index is 1180. The molecule has 0 atom stereocenters. The molecule has 0 aliphatic carbocycles. The van der Waals surface area contributed by atoms with E-state index < -0.39 is 5.82 Å². The normalized spacial score (nSPS) is 10.8. The van der Waals surface area contributed by atoms with Crippen LogP contribution in [0.4, 0.5) is 10.1 Å². The van der Waals surface area contributed by atoms with Crippen LogP contribution in [-0.4, -0.2) is 11.7 Å². The quantitative estimate of drug-likeness (QED) is 0.490. The summed E-state index contributed by atoms with van der Waals surface area (Å²) in [6, 6.07) is 19.4. The molecule has 4 aromatic rings. The molecule has 1 heterocycles. The third-order valence-corrected chi connectivity index (χ3v) is 4.54. The monoisotopic (exact) mass is 373 g/mol. The summed E-state index contributed by atoms with van der Waals surface area (Å²) in [5, 5.41) is 3.56. The fourth-order valence-electron chi connectivity index (χ4n) is 3.04. The third kappa shape index (κ3) is 3.30. The summed E-state index contributed by atoms with van der Waals surface area (Å²) in [5.41, 5.74) is 2.68. The van der Waals surface area contributed by atoms with E-state index >= 15 is 0 Å². The Morgan fingerprint density at radius 1 is 0.893 bits per heavy atom. The Morgan fingerprint density at radius 2 is 1.61 bits per heavy atom. The number of rotatable bonds is 4. The maximum atomic E-state index is 13.0. The maximum absolute atomic E-state index is 13.0. The van der Waals surface area contributed by atoms with Gasteiger partial charge < -0.3 is 9.73 Å². The van der Waals surface area contributed by atoms with Crippen molar-refractivity contribution in [2.75, 3.05) is 5.32 Å². The lowest BCUT2D eigenvalue weighted by molar-refractivity contribution is 0.101. The van der Waals surface area contributed by atoms with E-state index in [-0.39, 0.29) is 17.5 Å². The van der Waals surface area contributed by atoms with Crippen molar-refractivity contribution in [3.63, 3.8) is 0 Å². The number of furan rings is 1. The van der Waals surface area contributed by atoms with Crippen molar-refractivity contribution in [3.05, 3.63) is 101 Å². The minimum absolute atomic E-state index is 0.189. The van der Waals surface area contributed by atoms with E-state index in [2.05, 4.69) is 5.32 Å². The number of hydrogen-bond acceptors (Lipinski definition) is 3. The zero-order valence-corrected chi connectivity index (χ0v) is 15.0. The zero-order chi connectivity index (χ0) is 19.7. The molecule has 4 nitrogen and oxygen atoms in total. The zero-order valence-electron chi connectivity index (χ0n) is 15.0. The van der Waals surface area contributed by atoms with Crippen molar-refractivity contribution in [3.8, 4) is 0 Å². The number of amides is 1. The Labute approximate surface area is 160 Å². The van der Waals surface area contributed by atoms with Gasteiger partial charge in [-0.25, -0.2) is 4.39 Å². The van der Waals surface area contributed by atoms with Gasteiger partial charge >= 0.3 is 0 Å². The van der Waals surface area contributed by atoms with Crippen molar-refractivity contribution in [1.29, 1.82) is 0 Å². The van der Waals surface area contributed by atoms with Crippen LogP contribution in [0.2, 0.25) is 0 Å². The standard InChI is InChI=1S/C23H16FNO3/c1-14-19-12-11-18(25-23(27)16-7-9-17(24)10-8-16)13-20(19)28-22(14)21(26)15-5-3-2-4-6-15/h2-13H,1H3,(H,25,27). The van der Waals surface area contributed by atoms with Crippen LogP contribution in [0.25, 0.3) is 11.0 Å². The molecule has 0 fully saturated rings. The molecule has 1 N–H and O–H groups in total. The van der Waals surface area contributed by atoms with Crippen molar-refractivity contribution < 1.29 is 18.4 Å². The topological polar surface area (TPSA) is 59.3 Å². The van der Waals surface area contributed by atoms with Gasteiger partial charge in [0, 0.05) is 33.8 Å². The van der Waals surface area contributed by atoms with Gasteiger partial charge in [0.15, 0.2) is 5.76 Å². The van der Waals surface area contributed by atoms with Gasteiger partial charge in [-0.1, -0.05) is 30.3 Å². The minimum atomic E-state index is -0.403.